The van der Waals surface area contributed by atoms with Gasteiger partial charge in [0.15, 0.2) is 18.2 Å². The maximum Gasteiger partial charge on any atom is 0.201 e. The maximum atomic E-state index is 6.25. The molecule has 5 aliphatic rings. The largest absolute Gasteiger partial charge is 0.353 e. The van der Waals surface area contributed by atoms with Gasteiger partial charge < -0.3 is 14.2 Å². The molecule has 0 aromatic carbocycles. The van der Waals surface area contributed by atoms with Crippen LogP contribution >= 0.6 is 0 Å². The lowest BCUT2D eigenvalue weighted by atomic mass is 9.58. The minimum absolute atomic E-state index is 0.216. The van der Waals surface area contributed by atoms with Gasteiger partial charge in [-0.25, -0.2) is 9.78 Å². The molecule has 5 heteroatoms. The zero-order valence-corrected chi connectivity index (χ0v) is 14.0. The Morgan fingerprint density at radius 3 is 2.68 bits per heavy atom. The summed E-state index contributed by atoms with van der Waals surface area (Å²) in [5, 5.41) is 0. The molecule has 0 radical (unpaired) electrons. The molecule has 5 nitrogen and oxygen atoms in total. The molecular weight excluding hydrogens is 284 g/mol. The number of hydrogen-bond donors (Lipinski definition) is 0. The van der Waals surface area contributed by atoms with Gasteiger partial charge in [-0.15, -0.1) is 0 Å². The zero-order chi connectivity index (χ0) is 15.5. The second kappa shape index (κ2) is 5.15. The lowest BCUT2D eigenvalue weighted by Crippen LogP contribution is -2.70. The first-order valence-electron chi connectivity index (χ1n) is 8.82. The summed E-state index contributed by atoms with van der Waals surface area (Å²) in [5.74, 6) is 0.957. The van der Waals surface area contributed by atoms with Crippen LogP contribution in [-0.2, 0) is 24.0 Å². The predicted octanol–water partition coefficient (Wildman–Crippen LogP) is 3.23. The summed E-state index contributed by atoms with van der Waals surface area (Å²) in [7, 11) is 0. The van der Waals surface area contributed by atoms with Gasteiger partial charge in [-0.3, -0.25) is 0 Å². The van der Waals surface area contributed by atoms with E-state index in [0.29, 0.717) is 24.4 Å². The molecule has 126 valence electrons. The van der Waals surface area contributed by atoms with Crippen molar-refractivity contribution in [2.45, 2.75) is 77.3 Å². The van der Waals surface area contributed by atoms with Crippen LogP contribution in [0.4, 0.5) is 0 Å². The highest BCUT2D eigenvalue weighted by atomic mass is 17.3. The van der Waals surface area contributed by atoms with Crippen LogP contribution in [0.3, 0.4) is 0 Å². The molecule has 0 aromatic rings. The molecular formula is C17H28O5. The average molecular weight is 312 g/mol. The Balaban J connectivity index is 1.75. The van der Waals surface area contributed by atoms with Crippen LogP contribution in [0.2, 0.25) is 0 Å². The van der Waals surface area contributed by atoms with Gasteiger partial charge in [-0.2, -0.15) is 0 Å². The fourth-order valence-electron chi connectivity index (χ4n) is 5.23. The Labute approximate surface area is 132 Å². The summed E-state index contributed by atoms with van der Waals surface area (Å²) in [4.78, 5) is 11.9. The van der Waals surface area contributed by atoms with Crippen molar-refractivity contribution in [2.24, 2.45) is 23.7 Å². The van der Waals surface area contributed by atoms with Crippen molar-refractivity contribution in [3.63, 3.8) is 0 Å². The number of ether oxygens (including phenoxy) is 3. The van der Waals surface area contributed by atoms with Crippen LogP contribution in [0.25, 0.3) is 0 Å². The summed E-state index contributed by atoms with van der Waals surface area (Å²) in [6.07, 6.45) is 3.66. The third-order valence-electron chi connectivity index (χ3n) is 6.43. The topological polar surface area (TPSA) is 46.2 Å². The Kier molecular flexibility index (Phi) is 3.59. The normalized spacial score (nSPS) is 57.3. The van der Waals surface area contributed by atoms with Gasteiger partial charge in [-0.05, 0) is 44.9 Å². The first-order valence-corrected chi connectivity index (χ1v) is 8.82. The third-order valence-corrected chi connectivity index (χ3v) is 6.43. The molecule has 22 heavy (non-hydrogen) atoms. The Hall–Kier alpha value is -0.200. The predicted molar refractivity (Wildman–Crippen MR) is 78.5 cm³/mol. The molecule has 4 heterocycles. The SMILES string of the molecule is CCOC1OC2O[C@@]3(C)CCC4C(C)CCC(C1C)[C@@]24OO3. The number of fused-ring (bicyclic) bond motifs is 2. The highest BCUT2D eigenvalue weighted by Crippen LogP contribution is 2.60. The molecule has 4 aliphatic heterocycles. The summed E-state index contributed by atoms with van der Waals surface area (Å²) in [6.45, 7) is 9.15. The Bertz CT molecular complexity index is 443. The molecule has 2 bridgehead atoms. The first-order chi connectivity index (χ1) is 10.5. The monoisotopic (exact) mass is 312 g/mol. The summed E-state index contributed by atoms with van der Waals surface area (Å²) < 4.78 is 18.3. The van der Waals surface area contributed by atoms with Crippen molar-refractivity contribution in [2.75, 3.05) is 6.61 Å². The van der Waals surface area contributed by atoms with Gasteiger partial charge in [0.2, 0.25) is 5.79 Å². The van der Waals surface area contributed by atoms with Crippen molar-refractivity contribution >= 4 is 0 Å². The van der Waals surface area contributed by atoms with Crippen LogP contribution in [0.15, 0.2) is 0 Å². The van der Waals surface area contributed by atoms with E-state index in [2.05, 4.69) is 13.8 Å². The van der Waals surface area contributed by atoms with E-state index in [1.165, 1.54) is 6.42 Å². The molecule has 0 N–H and O–H groups in total. The van der Waals surface area contributed by atoms with Crippen LogP contribution in [0.1, 0.15) is 53.4 Å². The average Bonchev–Trinajstić information content (AvgIpc) is 2.71. The molecule has 1 saturated carbocycles. The molecule has 0 amide bonds. The van der Waals surface area contributed by atoms with Crippen molar-refractivity contribution in [1.29, 1.82) is 0 Å². The van der Waals surface area contributed by atoms with E-state index in [9.17, 15) is 0 Å². The van der Waals surface area contributed by atoms with E-state index >= 15 is 0 Å². The Morgan fingerprint density at radius 1 is 1.09 bits per heavy atom. The van der Waals surface area contributed by atoms with Gasteiger partial charge in [0.05, 0.1) is 0 Å². The smallest absolute Gasteiger partial charge is 0.201 e. The fourth-order valence-corrected chi connectivity index (χ4v) is 5.23. The van der Waals surface area contributed by atoms with E-state index in [4.69, 9.17) is 24.0 Å². The van der Waals surface area contributed by atoms with Gasteiger partial charge >= 0.3 is 0 Å². The van der Waals surface area contributed by atoms with Crippen LogP contribution in [0, 0.1) is 23.7 Å². The molecule has 5 fully saturated rings. The molecule has 1 aliphatic carbocycles. The fraction of sp³-hybridized carbons (Fsp3) is 1.00. The van der Waals surface area contributed by atoms with Crippen LogP contribution < -0.4 is 0 Å². The highest BCUT2D eigenvalue weighted by Gasteiger charge is 2.69. The van der Waals surface area contributed by atoms with E-state index in [-0.39, 0.29) is 18.5 Å². The summed E-state index contributed by atoms with van der Waals surface area (Å²) in [5.41, 5.74) is -0.472. The van der Waals surface area contributed by atoms with E-state index in [1.807, 2.05) is 13.8 Å². The number of rotatable bonds is 2. The quantitative estimate of drug-likeness (QED) is 0.733. The minimum Gasteiger partial charge on any atom is -0.353 e. The van der Waals surface area contributed by atoms with E-state index in [1.54, 1.807) is 0 Å². The molecule has 4 saturated heterocycles. The lowest BCUT2D eigenvalue weighted by Gasteiger charge is -2.60. The summed E-state index contributed by atoms with van der Waals surface area (Å²) >= 11 is 0. The molecule has 5 rings (SSSR count). The van der Waals surface area contributed by atoms with Gasteiger partial charge in [0.1, 0.15) is 0 Å². The molecule has 0 aromatic heterocycles. The van der Waals surface area contributed by atoms with Crippen LogP contribution in [0.5, 0.6) is 0 Å². The first kappa shape index (κ1) is 15.3. The second-order valence-corrected chi connectivity index (χ2v) is 7.73. The van der Waals surface area contributed by atoms with Gasteiger partial charge in [0.25, 0.3) is 0 Å². The third kappa shape index (κ3) is 1.96. The highest BCUT2D eigenvalue weighted by molar-refractivity contribution is 5.09. The van der Waals surface area contributed by atoms with Crippen molar-refractivity contribution in [1.82, 2.24) is 0 Å². The standard InChI is InChI=1S/C17H28O5/c1-5-18-14-11(3)13-7-6-10(2)12-8-9-16(4)20-15(19-14)17(12,13)22-21-16/h10-15H,5-9H2,1-4H3/t10?,11?,12?,13?,14?,15?,16-,17-/m1/s1. The minimum atomic E-state index is -0.700. The van der Waals surface area contributed by atoms with Crippen molar-refractivity contribution in [3.05, 3.63) is 0 Å². The maximum absolute atomic E-state index is 6.25. The molecule has 6 unspecified atom stereocenters. The molecule has 1 spiro atoms. The van der Waals surface area contributed by atoms with Gasteiger partial charge in [-0.1, -0.05) is 13.8 Å². The second-order valence-electron chi connectivity index (χ2n) is 7.73. The Morgan fingerprint density at radius 2 is 1.91 bits per heavy atom. The number of hydrogen-bond acceptors (Lipinski definition) is 5. The van der Waals surface area contributed by atoms with E-state index < -0.39 is 11.4 Å². The van der Waals surface area contributed by atoms with Crippen molar-refractivity contribution < 1.29 is 24.0 Å². The lowest BCUT2D eigenvalue weighted by molar-refractivity contribution is -0.577. The van der Waals surface area contributed by atoms with E-state index in [0.717, 1.165) is 19.3 Å². The van der Waals surface area contributed by atoms with Crippen molar-refractivity contribution in [3.8, 4) is 0 Å². The molecule has 8 atom stereocenters. The van der Waals surface area contributed by atoms with Crippen LogP contribution in [-0.4, -0.2) is 30.6 Å². The summed E-state index contributed by atoms with van der Waals surface area (Å²) in [6, 6.07) is 0. The van der Waals surface area contributed by atoms with Gasteiger partial charge in [0, 0.05) is 24.9 Å². The zero-order valence-electron chi connectivity index (χ0n) is 14.0.